The van der Waals surface area contributed by atoms with E-state index in [1.54, 1.807) is 32.9 Å². The largest absolute Gasteiger partial charge is 0.462 e. The highest BCUT2D eigenvalue weighted by Gasteiger charge is 2.38. The minimum Gasteiger partial charge on any atom is -0.462 e. The van der Waals surface area contributed by atoms with Crippen molar-refractivity contribution in [2.75, 3.05) is 25.0 Å². The monoisotopic (exact) mass is 433 g/mol. The van der Waals surface area contributed by atoms with Crippen molar-refractivity contribution in [3.63, 3.8) is 0 Å². The number of ether oxygens (including phenoxy) is 1. The number of amides is 1. The standard InChI is InChI=1S/C21H27N3O5S/c1-4-29-21(26)18-14(2)22-15(3)19(18)30(27,28)24-12-8-9-16(13-24)20(25)23-17-10-6-5-7-11-17/h5-7,10-11,16,22H,4,8-9,12-13H2,1-3H3,(H,23,25). The molecule has 0 spiro atoms. The van der Waals surface area contributed by atoms with E-state index in [1.165, 1.54) is 4.31 Å². The van der Waals surface area contributed by atoms with Gasteiger partial charge in [-0.25, -0.2) is 13.2 Å². The van der Waals surface area contributed by atoms with E-state index < -0.39 is 21.9 Å². The molecule has 2 aromatic rings. The first-order chi connectivity index (χ1) is 14.3. The topological polar surface area (TPSA) is 109 Å². The maximum absolute atomic E-state index is 13.4. The van der Waals surface area contributed by atoms with Gasteiger partial charge in [0.25, 0.3) is 0 Å². The second kappa shape index (κ2) is 9.01. The molecule has 30 heavy (non-hydrogen) atoms. The van der Waals surface area contributed by atoms with Gasteiger partial charge in [-0.3, -0.25) is 4.79 Å². The van der Waals surface area contributed by atoms with Crippen LogP contribution in [0.2, 0.25) is 0 Å². The number of hydrogen-bond acceptors (Lipinski definition) is 5. The first kappa shape index (κ1) is 22.0. The number of benzene rings is 1. The van der Waals surface area contributed by atoms with Crippen molar-refractivity contribution in [1.29, 1.82) is 0 Å². The number of nitrogens with zero attached hydrogens (tertiary/aromatic N) is 1. The molecule has 1 aliphatic heterocycles. The molecule has 3 rings (SSSR count). The number of aromatic amines is 1. The van der Waals surface area contributed by atoms with Crippen molar-refractivity contribution in [3.8, 4) is 0 Å². The van der Waals surface area contributed by atoms with Crippen molar-refractivity contribution in [2.45, 2.75) is 38.5 Å². The number of sulfonamides is 1. The molecule has 0 bridgehead atoms. The van der Waals surface area contributed by atoms with Crippen molar-refractivity contribution in [1.82, 2.24) is 9.29 Å². The number of H-pyrrole nitrogens is 1. The number of esters is 1. The molecule has 1 fully saturated rings. The van der Waals surface area contributed by atoms with Crippen molar-refractivity contribution in [2.24, 2.45) is 5.92 Å². The number of carbonyl (C=O) groups excluding carboxylic acids is 2. The number of para-hydroxylation sites is 1. The molecule has 1 aliphatic rings. The molecule has 1 saturated heterocycles. The predicted molar refractivity (Wildman–Crippen MR) is 113 cm³/mol. The van der Waals surface area contributed by atoms with Crippen molar-refractivity contribution < 1.29 is 22.7 Å². The van der Waals surface area contributed by atoms with E-state index in [-0.39, 0.29) is 29.5 Å². The molecule has 2 N–H and O–H groups in total. The summed E-state index contributed by atoms with van der Waals surface area (Å²) in [6, 6.07) is 9.06. The fourth-order valence-corrected chi connectivity index (χ4v) is 5.74. The molecule has 0 aliphatic carbocycles. The zero-order valence-corrected chi connectivity index (χ0v) is 18.2. The molecular weight excluding hydrogens is 406 g/mol. The Morgan fingerprint density at radius 1 is 1.20 bits per heavy atom. The SMILES string of the molecule is CCOC(=O)c1c(C)[nH]c(C)c1S(=O)(=O)N1CCCC(C(=O)Nc2ccccc2)C1. The number of rotatable bonds is 6. The molecule has 162 valence electrons. The van der Waals surface area contributed by atoms with Crippen LogP contribution in [0.5, 0.6) is 0 Å². The van der Waals surface area contributed by atoms with Crippen LogP contribution in [-0.4, -0.2) is 49.3 Å². The Morgan fingerprint density at radius 3 is 2.57 bits per heavy atom. The zero-order valence-electron chi connectivity index (χ0n) is 17.4. The van der Waals surface area contributed by atoms with Crippen LogP contribution in [0.3, 0.4) is 0 Å². The summed E-state index contributed by atoms with van der Waals surface area (Å²) < 4.78 is 33.2. The van der Waals surface area contributed by atoms with Gasteiger partial charge in [-0.2, -0.15) is 4.31 Å². The van der Waals surface area contributed by atoms with Crippen LogP contribution in [0, 0.1) is 19.8 Å². The van der Waals surface area contributed by atoms with Gasteiger partial charge in [0.15, 0.2) is 0 Å². The minimum absolute atomic E-state index is 0.0326. The number of nitrogens with one attached hydrogen (secondary N) is 2. The van der Waals surface area contributed by atoms with Gasteiger partial charge in [-0.1, -0.05) is 18.2 Å². The first-order valence-corrected chi connectivity index (χ1v) is 11.4. The molecule has 1 aromatic carbocycles. The maximum atomic E-state index is 13.4. The highest BCUT2D eigenvalue weighted by molar-refractivity contribution is 7.89. The normalized spacial score (nSPS) is 17.5. The number of piperidine rings is 1. The summed E-state index contributed by atoms with van der Waals surface area (Å²) in [4.78, 5) is 28.0. The first-order valence-electron chi connectivity index (χ1n) is 9.98. The van der Waals surface area contributed by atoms with Gasteiger partial charge >= 0.3 is 5.97 Å². The van der Waals surface area contributed by atoms with Gasteiger partial charge < -0.3 is 15.0 Å². The van der Waals surface area contributed by atoms with E-state index in [1.807, 2.05) is 18.2 Å². The van der Waals surface area contributed by atoms with E-state index in [4.69, 9.17) is 4.74 Å². The Morgan fingerprint density at radius 2 is 1.90 bits per heavy atom. The van der Waals surface area contributed by atoms with E-state index in [0.29, 0.717) is 36.5 Å². The summed E-state index contributed by atoms with van der Waals surface area (Å²) in [5.74, 6) is -1.36. The molecule has 0 radical (unpaired) electrons. The third-order valence-corrected chi connectivity index (χ3v) is 7.23. The zero-order chi connectivity index (χ0) is 21.9. The molecule has 1 amide bonds. The number of aromatic nitrogens is 1. The average Bonchev–Trinajstić information content (AvgIpc) is 3.03. The van der Waals surface area contributed by atoms with Crippen LogP contribution >= 0.6 is 0 Å². The van der Waals surface area contributed by atoms with Gasteiger partial charge in [0.05, 0.1) is 12.5 Å². The highest BCUT2D eigenvalue weighted by atomic mass is 32.2. The van der Waals surface area contributed by atoms with Crippen molar-refractivity contribution in [3.05, 3.63) is 47.3 Å². The predicted octanol–water partition coefficient (Wildman–Crippen LogP) is 2.85. The Kier molecular flexibility index (Phi) is 6.62. The van der Waals surface area contributed by atoms with Crippen LogP contribution in [0.15, 0.2) is 35.2 Å². The smallest absolute Gasteiger partial charge is 0.341 e. The molecule has 1 aromatic heterocycles. The second-order valence-electron chi connectivity index (χ2n) is 7.36. The lowest BCUT2D eigenvalue weighted by molar-refractivity contribution is -0.120. The Balaban J connectivity index is 1.85. The third kappa shape index (κ3) is 4.41. The van der Waals surface area contributed by atoms with Crippen molar-refractivity contribution >= 4 is 27.6 Å². The number of aryl methyl sites for hydroxylation is 2. The molecule has 1 atom stereocenters. The van der Waals surface area contributed by atoms with Gasteiger partial charge in [-0.15, -0.1) is 0 Å². The molecule has 1 unspecified atom stereocenters. The second-order valence-corrected chi connectivity index (χ2v) is 9.23. The number of hydrogen-bond donors (Lipinski definition) is 2. The summed E-state index contributed by atoms with van der Waals surface area (Å²) in [5, 5.41) is 2.84. The van der Waals surface area contributed by atoms with E-state index >= 15 is 0 Å². The van der Waals surface area contributed by atoms with Gasteiger partial charge in [0, 0.05) is 30.2 Å². The van der Waals surface area contributed by atoms with Crippen LogP contribution in [-0.2, 0) is 19.6 Å². The summed E-state index contributed by atoms with van der Waals surface area (Å²) in [6.45, 7) is 5.43. The lowest BCUT2D eigenvalue weighted by Crippen LogP contribution is -2.44. The lowest BCUT2D eigenvalue weighted by Gasteiger charge is -2.31. The molecule has 8 nitrogen and oxygen atoms in total. The minimum atomic E-state index is -3.98. The van der Waals surface area contributed by atoms with E-state index in [2.05, 4.69) is 10.3 Å². The highest BCUT2D eigenvalue weighted by Crippen LogP contribution is 2.30. The number of carbonyl (C=O) groups is 2. The van der Waals surface area contributed by atoms with Crippen LogP contribution in [0.1, 0.15) is 41.5 Å². The molecule has 2 heterocycles. The quantitative estimate of drug-likeness (QED) is 0.681. The fourth-order valence-electron chi connectivity index (χ4n) is 3.80. The Bertz CT molecular complexity index is 1030. The lowest BCUT2D eigenvalue weighted by atomic mass is 9.99. The van der Waals surface area contributed by atoms with E-state index in [0.717, 1.165) is 0 Å². The summed E-state index contributed by atoms with van der Waals surface area (Å²) in [6.07, 6.45) is 1.16. The molecular formula is C21H27N3O5S. The third-order valence-electron chi connectivity index (χ3n) is 5.19. The van der Waals surface area contributed by atoms with Gasteiger partial charge in [0.1, 0.15) is 10.5 Å². The number of anilines is 1. The van der Waals surface area contributed by atoms with Crippen LogP contribution < -0.4 is 5.32 Å². The molecule has 9 heteroatoms. The van der Waals surface area contributed by atoms with Gasteiger partial charge in [-0.05, 0) is 45.7 Å². The Hall–Kier alpha value is -2.65. The van der Waals surface area contributed by atoms with Crippen LogP contribution in [0.25, 0.3) is 0 Å². The summed E-state index contributed by atoms with van der Waals surface area (Å²) in [7, 11) is -3.98. The Labute approximate surface area is 176 Å². The average molecular weight is 434 g/mol. The van der Waals surface area contributed by atoms with E-state index in [9.17, 15) is 18.0 Å². The van der Waals surface area contributed by atoms with Gasteiger partial charge in [0.2, 0.25) is 15.9 Å². The fraction of sp³-hybridized carbons (Fsp3) is 0.429. The summed E-state index contributed by atoms with van der Waals surface area (Å²) >= 11 is 0. The van der Waals surface area contributed by atoms with Crippen LogP contribution in [0.4, 0.5) is 5.69 Å². The summed E-state index contributed by atoms with van der Waals surface area (Å²) in [5.41, 5.74) is 1.53. The molecule has 0 saturated carbocycles. The maximum Gasteiger partial charge on any atom is 0.341 e.